The maximum atomic E-state index is 13.0. The summed E-state index contributed by atoms with van der Waals surface area (Å²) in [7, 11) is 1.49. The molecule has 0 atom stereocenters. The van der Waals surface area contributed by atoms with Crippen LogP contribution in [0.3, 0.4) is 0 Å². The smallest absolute Gasteiger partial charge is 0.307 e. The van der Waals surface area contributed by atoms with E-state index in [1.165, 1.54) is 11.7 Å². The Labute approximate surface area is 149 Å². The maximum Gasteiger partial charge on any atom is 0.307 e. The zero-order valence-corrected chi connectivity index (χ0v) is 14.5. The summed E-state index contributed by atoms with van der Waals surface area (Å²) in [5.41, 5.74) is 2.22. The average molecular weight is 358 g/mol. The molecule has 0 aliphatic carbocycles. The van der Waals surface area contributed by atoms with E-state index in [0.29, 0.717) is 38.5 Å². The van der Waals surface area contributed by atoms with Crippen molar-refractivity contribution in [1.29, 1.82) is 0 Å². The fraction of sp³-hybridized carbons (Fsp3) is 0.158. The number of benzene rings is 2. The van der Waals surface area contributed by atoms with Gasteiger partial charge in [-0.15, -0.1) is 0 Å². The largest absolute Gasteiger partial charge is 0.495 e. The van der Waals surface area contributed by atoms with E-state index in [1.807, 2.05) is 6.07 Å². The van der Waals surface area contributed by atoms with Gasteiger partial charge in [-0.2, -0.15) is 0 Å². The first-order valence-corrected chi connectivity index (χ1v) is 8.00. The standard InChI is InChI=1S/C19H16ClNO4/c1-11-13(9-18(22)23)14-8-17(25-2)15(20)10-16(14)21(11)19(24)12-6-4-3-5-7-12/h3-8,10H,9H2,1-2H3,(H,22,23). The number of rotatable bonds is 4. The van der Waals surface area contributed by atoms with Gasteiger partial charge in [0.05, 0.1) is 24.1 Å². The van der Waals surface area contributed by atoms with E-state index in [9.17, 15) is 14.7 Å². The van der Waals surface area contributed by atoms with Gasteiger partial charge in [0.2, 0.25) is 0 Å². The lowest BCUT2D eigenvalue weighted by Crippen LogP contribution is -2.14. The molecule has 0 radical (unpaired) electrons. The van der Waals surface area contributed by atoms with Crippen molar-refractivity contribution in [3.05, 3.63) is 64.3 Å². The maximum absolute atomic E-state index is 13.0. The highest BCUT2D eigenvalue weighted by Crippen LogP contribution is 2.35. The van der Waals surface area contributed by atoms with Crippen molar-refractivity contribution in [2.45, 2.75) is 13.3 Å². The molecule has 3 rings (SSSR count). The lowest BCUT2D eigenvalue weighted by molar-refractivity contribution is -0.136. The van der Waals surface area contributed by atoms with Crippen LogP contribution < -0.4 is 4.74 Å². The number of aromatic nitrogens is 1. The van der Waals surface area contributed by atoms with Gasteiger partial charge in [-0.3, -0.25) is 14.2 Å². The first-order valence-electron chi connectivity index (χ1n) is 7.63. The van der Waals surface area contributed by atoms with E-state index in [0.717, 1.165) is 0 Å². The molecule has 0 aliphatic heterocycles. The van der Waals surface area contributed by atoms with E-state index >= 15 is 0 Å². The Hall–Kier alpha value is -2.79. The second-order valence-corrected chi connectivity index (χ2v) is 6.05. The number of hydrogen-bond acceptors (Lipinski definition) is 3. The lowest BCUT2D eigenvalue weighted by Gasteiger charge is -2.08. The molecule has 0 amide bonds. The molecular weight excluding hydrogens is 342 g/mol. The topological polar surface area (TPSA) is 68.5 Å². The van der Waals surface area contributed by atoms with Crippen molar-refractivity contribution < 1.29 is 19.4 Å². The third-order valence-corrected chi connectivity index (χ3v) is 4.46. The molecule has 0 bridgehead atoms. The molecule has 128 valence electrons. The van der Waals surface area contributed by atoms with Crippen LogP contribution >= 0.6 is 11.6 Å². The van der Waals surface area contributed by atoms with E-state index in [-0.39, 0.29) is 12.3 Å². The molecule has 0 saturated carbocycles. The summed E-state index contributed by atoms with van der Waals surface area (Å²) in [6.45, 7) is 1.74. The summed E-state index contributed by atoms with van der Waals surface area (Å²) in [5, 5.41) is 10.2. The number of hydrogen-bond donors (Lipinski definition) is 1. The summed E-state index contributed by atoms with van der Waals surface area (Å²) in [4.78, 5) is 24.3. The molecule has 2 aromatic carbocycles. The van der Waals surface area contributed by atoms with Crippen LogP contribution in [0.25, 0.3) is 10.9 Å². The number of carboxylic acid groups (broad SMARTS) is 1. The predicted octanol–water partition coefficient (Wildman–Crippen LogP) is 3.93. The van der Waals surface area contributed by atoms with Gasteiger partial charge in [0.1, 0.15) is 5.75 Å². The highest BCUT2D eigenvalue weighted by atomic mass is 35.5. The van der Waals surface area contributed by atoms with Crippen molar-refractivity contribution in [3.63, 3.8) is 0 Å². The van der Waals surface area contributed by atoms with Crippen molar-refractivity contribution >= 4 is 34.4 Å². The van der Waals surface area contributed by atoms with Gasteiger partial charge >= 0.3 is 5.97 Å². The third-order valence-electron chi connectivity index (χ3n) is 4.16. The van der Waals surface area contributed by atoms with Crippen LogP contribution in [-0.2, 0) is 11.2 Å². The molecule has 0 fully saturated rings. The van der Waals surface area contributed by atoms with Crippen LogP contribution in [0.2, 0.25) is 5.02 Å². The van der Waals surface area contributed by atoms with Gasteiger partial charge < -0.3 is 9.84 Å². The van der Waals surface area contributed by atoms with Crippen LogP contribution in [0.4, 0.5) is 0 Å². The average Bonchev–Trinajstić information content (AvgIpc) is 2.85. The number of carbonyl (C=O) groups excluding carboxylic acids is 1. The van der Waals surface area contributed by atoms with E-state index in [2.05, 4.69) is 0 Å². The Kier molecular flexibility index (Phi) is 4.51. The number of methoxy groups -OCH3 is 1. The molecule has 5 nitrogen and oxygen atoms in total. The van der Waals surface area contributed by atoms with E-state index in [4.69, 9.17) is 16.3 Å². The summed E-state index contributed by atoms with van der Waals surface area (Å²) in [6, 6.07) is 12.1. The van der Waals surface area contributed by atoms with Gasteiger partial charge in [-0.05, 0) is 36.8 Å². The predicted molar refractivity (Wildman–Crippen MR) is 95.7 cm³/mol. The highest BCUT2D eigenvalue weighted by molar-refractivity contribution is 6.33. The monoisotopic (exact) mass is 357 g/mol. The van der Waals surface area contributed by atoms with Crippen LogP contribution in [0.15, 0.2) is 42.5 Å². The minimum absolute atomic E-state index is 0.192. The molecule has 0 spiro atoms. The molecule has 6 heteroatoms. The highest BCUT2D eigenvalue weighted by Gasteiger charge is 2.22. The molecule has 1 aromatic heterocycles. The van der Waals surface area contributed by atoms with Crippen molar-refractivity contribution in [1.82, 2.24) is 4.57 Å². The van der Waals surface area contributed by atoms with Gasteiger partial charge in [0.25, 0.3) is 5.91 Å². The van der Waals surface area contributed by atoms with E-state index in [1.54, 1.807) is 43.3 Å². The zero-order valence-electron chi connectivity index (χ0n) is 13.7. The first-order chi connectivity index (χ1) is 11.9. The number of halogens is 1. The van der Waals surface area contributed by atoms with Gasteiger partial charge in [-0.25, -0.2) is 0 Å². The number of fused-ring (bicyclic) bond motifs is 1. The summed E-state index contributed by atoms with van der Waals surface area (Å²) in [6.07, 6.45) is -0.192. The Morgan fingerprint density at radius 2 is 1.88 bits per heavy atom. The molecule has 0 aliphatic rings. The van der Waals surface area contributed by atoms with Crippen molar-refractivity contribution in [2.24, 2.45) is 0 Å². The Bertz CT molecular complexity index is 976. The Morgan fingerprint density at radius 1 is 1.20 bits per heavy atom. The third kappa shape index (κ3) is 2.98. The van der Waals surface area contributed by atoms with E-state index < -0.39 is 5.97 Å². The van der Waals surface area contributed by atoms with Crippen LogP contribution in [-0.4, -0.2) is 28.7 Å². The van der Waals surface area contributed by atoms with Gasteiger partial charge in [0.15, 0.2) is 0 Å². The molecular formula is C19H16ClNO4. The fourth-order valence-electron chi connectivity index (χ4n) is 2.98. The van der Waals surface area contributed by atoms with Gasteiger partial charge in [-0.1, -0.05) is 29.8 Å². The number of carbonyl (C=O) groups is 2. The quantitative estimate of drug-likeness (QED) is 0.768. The SMILES string of the molecule is COc1cc2c(CC(=O)O)c(C)n(C(=O)c3ccccc3)c2cc1Cl. The number of ether oxygens (including phenoxy) is 1. The van der Waals surface area contributed by atoms with Crippen LogP contribution in [0.1, 0.15) is 21.6 Å². The number of carboxylic acids is 1. The Balaban J connectivity index is 2.31. The van der Waals surface area contributed by atoms with Crippen LogP contribution in [0, 0.1) is 6.92 Å². The number of aliphatic carboxylic acids is 1. The normalized spacial score (nSPS) is 10.8. The first kappa shape index (κ1) is 17.0. The summed E-state index contributed by atoms with van der Waals surface area (Å²) < 4.78 is 6.74. The van der Waals surface area contributed by atoms with Gasteiger partial charge in [0, 0.05) is 16.6 Å². The minimum atomic E-state index is -0.969. The summed E-state index contributed by atoms with van der Waals surface area (Å²) in [5.74, 6) is -0.769. The van der Waals surface area contributed by atoms with Crippen LogP contribution in [0.5, 0.6) is 5.75 Å². The van der Waals surface area contributed by atoms with Crippen molar-refractivity contribution in [2.75, 3.05) is 7.11 Å². The molecule has 0 unspecified atom stereocenters. The fourth-order valence-corrected chi connectivity index (χ4v) is 3.22. The molecule has 1 heterocycles. The zero-order chi connectivity index (χ0) is 18.1. The molecule has 1 N–H and O–H groups in total. The minimum Gasteiger partial charge on any atom is -0.495 e. The van der Waals surface area contributed by atoms with Crippen molar-refractivity contribution in [3.8, 4) is 5.75 Å². The molecule has 25 heavy (non-hydrogen) atoms. The molecule has 3 aromatic rings. The second kappa shape index (κ2) is 6.61. The molecule has 0 saturated heterocycles. The lowest BCUT2D eigenvalue weighted by atomic mass is 10.1. The number of nitrogens with zero attached hydrogens (tertiary/aromatic N) is 1. The second-order valence-electron chi connectivity index (χ2n) is 5.64. The Morgan fingerprint density at radius 3 is 2.48 bits per heavy atom. The summed E-state index contributed by atoms with van der Waals surface area (Å²) >= 11 is 6.23.